The molecule has 0 saturated carbocycles. The average Bonchev–Trinajstić information content (AvgIpc) is 3.11. The highest BCUT2D eigenvalue weighted by Crippen LogP contribution is 2.48. The summed E-state index contributed by atoms with van der Waals surface area (Å²) in [5, 5.41) is 6.23. The van der Waals surface area contributed by atoms with Gasteiger partial charge in [-0.25, -0.2) is 0 Å². The van der Waals surface area contributed by atoms with Crippen LogP contribution < -0.4 is 10.2 Å². The number of rotatable bonds is 1. The minimum atomic E-state index is -1.39. The highest BCUT2D eigenvalue weighted by molar-refractivity contribution is 6.22. The molecule has 4 heterocycles. The topological polar surface area (TPSA) is 115 Å². The molecule has 2 fully saturated rings. The Bertz CT molecular complexity index is 1060. The van der Waals surface area contributed by atoms with E-state index < -0.39 is 23.3 Å². The Kier molecular flexibility index (Phi) is 4.08. The summed E-state index contributed by atoms with van der Waals surface area (Å²) in [4.78, 5) is 44.6. The summed E-state index contributed by atoms with van der Waals surface area (Å²) in [5.41, 5.74) is 1.12. The Morgan fingerprint density at radius 3 is 2.73 bits per heavy atom. The molecule has 1 spiro atoms. The summed E-state index contributed by atoms with van der Waals surface area (Å²) in [6.45, 7) is 6.13. The number of aryl methyl sites for hydroxylation is 1. The fraction of sp³-hybridized carbons (Fsp3) is 0.476. The third-order valence-corrected chi connectivity index (χ3v) is 6.30. The molecule has 156 valence electrons. The minimum absolute atomic E-state index is 0.0686. The van der Waals surface area contributed by atoms with E-state index in [2.05, 4.69) is 20.4 Å². The maximum atomic E-state index is 13.2. The number of morpholine rings is 1. The number of nitrogens with one attached hydrogen (secondary N) is 1. The van der Waals surface area contributed by atoms with Gasteiger partial charge in [-0.3, -0.25) is 19.7 Å². The van der Waals surface area contributed by atoms with Crippen LogP contribution in [-0.2, 0) is 25.5 Å². The van der Waals surface area contributed by atoms with Crippen molar-refractivity contribution in [2.45, 2.75) is 51.9 Å². The number of hydrogen-bond donors (Lipinski definition) is 1. The Labute approximate surface area is 172 Å². The van der Waals surface area contributed by atoms with Crippen LogP contribution in [0.5, 0.6) is 0 Å². The molecule has 1 aromatic carbocycles. The lowest BCUT2D eigenvalue weighted by atomic mass is 9.63. The molecule has 0 bridgehead atoms. The molecule has 1 aromatic heterocycles. The number of aromatic nitrogens is 2. The third kappa shape index (κ3) is 2.61. The Hall–Kier alpha value is -3.07. The van der Waals surface area contributed by atoms with Crippen molar-refractivity contribution < 1.29 is 23.6 Å². The number of amides is 2. The Morgan fingerprint density at radius 2 is 2.03 bits per heavy atom. The lowest BCUT2D eigenvalue weighted by Gasteiger charge is -2.55. The molecule has 9 heteroatoms. The Balaban J connectivity index is 1.68. The van der Waals surface area contributed by atoms with Gasteiger partial charge in [-0.15, -0.1) is 0 Å². The smallest absolute Gasteiger partial charge is 0.257 e. The Morgan fingerprint density at radius 1 is 1.23 bits per heavy atom. The first-order valence-corrected chi connectivity index (χ1v) is 10.0. The van der Waals surface area contributed by atoms with Crippen molar-refractivity contribution in [2.24, 2.45) is 5.41 Å². The maximum Gasteiger partial charge on any atom is 0.257 e. The number of fused-ring (bicyclic) bond motifs is 4. The summed E-state index contributed by atoms with van der Waals surface area (Å²) in [7, 11) is 0. The van der Waals surface area contributed by atoms with Crippen LogP contribution in [0.15, 0.2) is 22.7 Å². The molecular formula is C21H22N4O5. The standard InChI is InChI=1S/C21H22N4O5/c1-10-9-25-15-5-4-13(19-22-12(3)24-30-19)6-14(15)8-21(18(25)11(2)29-10)16(26)7-17(27)23-20(21)28/h4-6,10-11,18H,7-9H2,1-3H3,(H,23,27,28)/t10-,11+,18-,21?/m1/s1. The van der Waals surface area contributed by atoms with Gasteiger partial charge >= 0.3 is 0 Å². The van der Waals surface area contributed by atoms with Crippen molar-refractivity contribution in [1.82, 2.24) is 15.5 Å². The predicted molar refractivity (Wildman–Crippen MR) is 105 cm³/mol. The van der Waals surface area contributed by atoms with E-state index in [1.807, 2.05) is 32.0 Å². The van der Waals surface area contributed by atoms with Crippen molar-refractivity contribution in [1.29, 1.82) is 0 Å². The first kappa shape index (κ1) is 18.9. The number of Topliss-reactive ketones (excluding diaryl/α,β-unsaturated/α-hetero) is 1. The fourth-order valence-corrected chi connectivity index (χ4v) is 5.19. The molecule has 9 nitrogen and oxygen atoms in total. The number of hydrogen-bond acceptors (Lipinski definition) is 8. The van der Waals surface area contributed by atoms with E-state index in [9.17, 15) is 14.4 Å². The average molecular weight is 410 g/mol. The molecule has 0 radical (unpaired) electrons. The largest absolute Gasteiger partial charge is 0.372 e. The van der Waals surface area contributed by atoms with Crippen LogP contribution in [0.1, 0.15) is 31.7 Å². The van der Waals surface area contributed by atoms with Gasteiger partial charge in [0.25, 0.3) is 5.89 Å². The maximum absolute atomic E-state index is 13.2. The summed E-state index contributed by atoms with van der Waals surface area (Å²) in [6.07, 6.45) is -0.551. The van der Waals surface area contributed by atoms with Crippen molar-refractivity contribution in [3.05, 3.63) is 29.6 Å². The first-order valence-electron chi connectivity index (χ1n) is 10.0. The number of nitrogens with zero attached hydrogens (tertiary/aromatic N) is 3. The van der Waals surface area contributed by atoms with Gasteiger partial charge in [0.2, 0.25) is 11.8 Å². The molecule has 0 aliphatic carbocycles. The monoisotopic (exact) mass is 410 g/mol. The van der Waals surface area contributed by atoms with Crippen LogP contribution in [0.2, 0.25) is 0 Å². The zero-order valence-corrected chi connectivity index (χ0v) is 17.0. The van der Waals surface area contributed by atoms with Gasteiger partial charge < -0.3 is 14.2 Å². The second-order valence-electron chi connectivity index (χ2n) is 8.36. The lowest BCUT2D eigenvalue weighted by Crippen LogP contribution is -2.72. The molecule has 4 atom stereocenters. The van der Waals surface area contributed by atoms with Gasteiger partial charge in [-0.1, -0.05) is 5.16 Å². The van der Waals surface area contributed by atoms with E-state index in [0.717, 1.165) is 16.8 Å². The number of piperidine rings is 1. The van der Waals surface area contributed by atoms with Crippen LogP contribution in [0.25, 0.3) is 11.5 Å². The van der Waals surface area contributed by atoms with Crippen molar-refractivity contribution >= 4 is 23.3 Å². The van der Waals surface area contributed by atoms with Gasteiger partial charge in [-0.2, -0.15) is 4.98 Å². The molecule has 1 unspecified atom stereocenters. The number of benzene rings is 1. The summed E-state index contributed by atoms with van der Waals surface area (Å²) in [5.74, 6) is -0.560. The number of carbonyl (C=O) groups excluding carboxylic acids is 3. The molecule has 5 rings (SSSR count). The quantitative estimate of drug-likeness (QED) is 0.551. The van der Waals surface area contributed by atoms with Gasteiger partial charge in [-0.05, 0) is 51.0 Å². The number of ether oxygens (including phenoxy) is 1. The summed E-state index contributed by atoms with van der Waals surface area (Å²) < 4.78 is 11.3. The molecule has 1 N–H and O–H groups in total. The second kappa shape index (κ2) is 6.46. The normalized spacial score (nSPS) is 30.8. The number of ketones is 1. The van der Waals surface area contributed by atoms with Crippen LogP contribution in [-0.4, -0.2) is 52.5 Å². The van der Waals surface area contributed by atoms with E-state index in [-0.39, 0.29) is 30.8 Å². The lowest BCUT2D eigenvalue weighted by molar-refractivity contribution is -0.158. The van der Waals surface area contributed by atoms with E-state index in [1.165, 1.54) is 0 Å². The van der Waals surface area contributed by atoms with E-state index >= 15 is 0 Å². The third-order valence-electron chi connectivity index (χ3n) is 6.30. The molecule has 30 heavy (non-hydrogen) atoms. The van der Waals surface area contributed by atoms with Crippen molar-refractivity contribution in [3.8, 4) is 11.5 Å². The van der Waals surface area contributed by atoms with Crippen LogP contribution in [0, 0.1) is 12.3 Å². The summed E-state index contributed by atoms with van der Waals surface area (Å²) in [6, 6.07) is 5.27. The number of carbonyl (C=O) groups is 3. The van der Waals surface area contributed by atoms with Gasteiger partial charge in [0.15, 0.2) is 11.6 Å². The highest BCUT2D eigenvalue weighted by Gasteiger charge is 2.62. The number of imide groups is 1. The molecular weight excluding hydrogens is 388 g/mol. The van der Waals surface area contributed by atoms with E-state index in [4.69, 9.17) is 9.26 Å². The zero-order chi connectivity index (χ0) is 21.2. The van der Waals surface area contributed by atoms with Crippen molar-refractivity contribution in [2.75, 3.05) is 11.4 Å². The fourth-order valence-electron chi connectivity index (χ4n) is 5.19. The molecule has 2 aromatic rings. The molecule has 3 aliphatic heterocycles. The van der Waals surface area contributed by atoms with Crippen LogP contribution >= 0.6 is 0 Å². The van der Waals surface area contributed by atoms with Crippen LogP contribution in [0.4, 0.5) is 5.69 Å². The van der Waals surface area contributed by atoms with E-state index in [0.29, 0.717) is 18.3 Å². The minimum Gasteiger partial charge on any atom is -0.372 e. The predicted octanol–water partition coefficient (Wildman–Crippen LogP) is 1.19. The SMILES string of the molecule is Cc1noc(-c2ccc3c(c2)CC2(C(=O)CC(=O)NC2=O)[C@H]2[C@H](C)O[C@H](C)CN32)n1. The van der Waals surface area contributed by atoms with Gasteiger partial charge in [0.1, 0.15) is 5.41 Å². The molecule has 3 aliphatic rings. The van der Waals surface area contributed by atoms with Crippen LogP contribution in [0.3, 0.4) is 0 Å². The summed E-state index contributed by atoms with van der Waals surface area (Å²) >= 11 is 0. The first-order chi connectivity index (χ1) is 14.3. The number of anilines is 1. The molecule has 2 amide bonds. The molecule has 2 saturated heterocycles. The second-order valence-corrected chi connectivity index (χ2v) is 8.36. The van der Waals surface area contributed by atoms with Gasteiger partial charge in [0, 0.05) is 17.8 Å². The van der Waals surface area contributed by atoms with E-state index in [1.54, 1.807) is 6.92 Å². The zero-order valence-electron chi connectivity index (χ0n) is 17.0. The highest BCUT2D eigenvalue weighted by atomic mass is 16.5. The van der Waals surface area contributed by atoms with Gasteiger partial charge in [0.05, 0.1) is 24.7 Å². The van der Waals surface area contributed by atoms with Crippen molar-refractivity contribution in [3.63, 3.8) is 0 Å².